The highest BCUT2D eigenvalue weighted by atomic mass is 16.4. The smallest absolute Gasteiger partial charge is 0.308 e. The van der Waals surface area contributed by atoms with Crippen molar-refractivity contribution >= 4 is 17.8 Å². The zero-order chi connectivity index (χ0) is 17.2. The Morgan fingerprint density at radius 2 is 1.91 bits per heavy atom. The number of amides is 2. The Labute approximate surface area is 136 Å². The van der Waals surface area contributed by atoms with E-state index < -0.39 is 11.9 Å². The van der Waals surface area contributed by atoms with E-state index in [1.165, 1.54) is 0 Å². The fourth-order valence-electron chi connectivity index (χ4n) is 2.16. The maximum absolute atomic E-state index is 11.7. The molecule has 0 bridgehead atoms. The average Bonchev–Trinajstić information content (AvgIpc) is 2.49. The molecule has 0 fully saturated rings. The summed E-state index contributed by atoms with van der Waals surface area (Å²) in [5, 5.41) is 14.3. The minimum atomic E-state index is -0.957. The van der Waals surface area contributed by atoms with E-state index in [1.807, 2.05) is 38.1 Å². The number of carboxylic acids is 1. The molecule has 0 aliphatic carbocycles. The van der Waals surface area contributed by atoms with Gasteiger partial charge >= 0.3 is 5.97 Å². The summed E-state index contributed by atoms with van der Waals surface area (Å²) in [7, 11) is 0. The molecule has 0 aliphatic heterocycles. The van der Waals surface area contributed by atoms with Gasteiger partial charge < -0.3 is 15.7 Å². The summed E-state index contributed by atoms with van der Waals surface area (Å²) < 4.78 is 0. The molecule has 3 N–H and O–H groups in total. The Bertz CT molecular complexity index is 557. The number of aryl methyl sites for hydroxylation is 1. The quantitative estimate of drug-likeness (QED) is 0.638. The van der Waals surface area contributed by atoms with Gasteiger partial charge in [0.25, 0.3) is 0 Å². The van der Waals surface area contributed by atoms with Gasteiger partial charge in [0.15, 0.2) is 0 Å². The second kappa shape index (κ2) is 9.61. The molecule has 0 saturated carbocycles. The second-order valence-electron chi connectivity index (χ2n) is 5.56. The van der Waals surface area contributed by atoms with Crippen molar-refractivity contribution in [1.82, 2.24) is 10.6 Å². The number of hydrogen-bond donors (Lipinski definition) is 3. The molecule has 0 heterocycles. The predicted octanol–water partition coefficient (Wildman–Crippen LogP) is 1.27. The molecular formula is C17H24N2O4. The highest BCUT2D eigenvalue weighted by Crippen LogP contribution is 2.10. The van der Waals surface area contributed by atoms with Crippen molar-refractivity contribution < 1.29 is 19.5 Å². The lowest BCUT2D eigenvalue weighted by molar-refractivity contribution is -0.141. The van der Waals surface area contributed by atoms with Crippen LogP contribution in [0.25, 0.3) is 0 Å². The highest BCUT2D eigenvalue weighted by Gasteiger charge is 2.19. The van der Waals surface area contributed by atoms with Gasteiger partial charge in [-0.2, -0.15) is 0 Å². The van der Waals surface area contributed by atoms with Gasteiger partial charge in [0.05, 0.1) is 12.5 Å². The molecule has 126 valence electrons. The summed E-state index contributed by atoms with van der Waals surface area (Å²) in [6.45, 7) is 3.73. The second-order valence-corrected chi connectivity index (χ2v) is 5.56. The molecule has 23 heavy (non-hydrogen) atoms. The molecule has 0 aromatic heterocycles. The van der Waals surface area contributed by atoms with Crippen LogP contribution in [-0.4, -0.2) is 36.0 Å². The van der Waals surface area contributed by atoms with E-state index in [0.29, 0.717) is 19.3 Å². The molecule has 0 spiro atoms. The first-order valence-electron chi connectivity index (χ1n) is 7.74. The standard InChI is InChI=1S/C17H24N2O4/c1-3-5-15(20)19-11-16(21)18-10-14(17(22)23)9-13-7-4-6-12(2)8-13/h4,6-8,14H,3,5,9-11H2,1-2H3,(H,18,21)(H,19,20)(H,22,23). The molecular weight excluding hydrogens is 296 g/mol. The SMILES string of the molecule is CCCC(=O)NCC(=O)NCC(Cc1cccc(C)c1)C(=O)O. The minimum absolute atomic E-state index is 0.0335. The Kier molecular flexibility index (Phi) is 7.80. The number of hydrogen-bond acceptors (Lipinski definition) is 3. The van der Waals surface area contributed by atoms with Gasteiger partial charge in [0.2, 0.25) is 11.8 Å². The van der Waals surface area contributed by atoms with Gasteiger partial charge in [-0.15, -0.1) is 0 Å². The van der Waals surface area contributed by atoms with E-state index in [4.69, 9.17) is 0 Å². The molecule has 0 saturated heterocycles. The molecule has 1 aromatic rings. The normalized spacial score (nSPS) is 11.6. The first kappa shape index (κ1) is 18.7. The first-order chi connectivity index (χ1) is 10.9. The topological polar surface area (TPSA) is 95.5 Å². The van der Waals surface area contributed by atoms with E-state index in [9.17, 15) is 19.5 Å². The molecule has 1 atom stereocenters. The highest BCUT2D eigenvalue weighted by molar-refractivity contribution is 5.84. The van der Waals surface area contributed by atoms with Crippen molar-refractivity contribution in [3.8, 4) is 0 Å². The Morgan fingerprint density at radius 1 is 1.17 bits per heavy atom. The van der Waals surface area contributed by atoms with Crippen molar-refractivity contribution in [2.24, 2.45) is 5.92 Å². The number of carbonyl (C=O) groups excluding carboxylic acids is 2. The van der Waals surface area contributed by atoms with E-state index in [-0.39, 0.29) is 24.9 Å². The maximum atomic E-state index is 11.7. The Morgan fingerprint density at radius 3 is 2.52 bits per heavy atom. The minimum Gasteiger partial charge on any atom is -0.481 e. The van der Waals surface area contributed by atoms with E-state index in [2.05, 4.69) is 10.6 Å². The van der Waals surface area contributed by atoms with Gasteiger partial charge in [-0.3, -0.25) is 14.4 Å². The molecule has 1 rings (SSSR count). The number of benzene rings is 1. The lowest BCUT2D eigenvalue weighted by Gasteiger charge is -2.14. The largest absolute Gasteiger partial charge is 0.481 e. The van der Waals surface area contributed by atoms with Gasteiger partial charge in [-0.05, 0) is 25.3 Å². The van der Waals surface area contributed by atoms with Crippen LogP contribution in [0, 0.1) is 12.8 Å². The number of carbonyl (C=O) groups is 3. The van der Waals surface area contributed by atoms with Crippen molar-refractivity contribution in [2.75, 3.05) is 13.1 Å². The Balaban J connectivity index is 2.46. The zero-order valence-corrected chi connectivity index (χ0v) is 13.6. The van der Waals surface area contributed by atoms with Crippen LogP contribution in [0.1, 0.15) is 30.9 Å². The van der Waals surface area contributed by atoms with Gasteiger partial charge in [-0.25, -0.2) is 0 Å². The van der Waals surface area contributed by atoms with E-state index in [1.54, 1.807) is 0 Å². The summed E-state index contributed by atoms with van der Waals surface area (Å²) in [4.78, 5) is 34.3. The van der Waals surface area contributed by atoms with E-state index in [0.717, 1.165) is 11.1 Å². The molecule has 6 nitrogen and oxygen atoms in total. The van der Waals surface area contributed by atoms with Crippen LogP contribution in [0.3, 0.4) is 0 Å². The van der Waals surface area contributed by atoms with Crippen molar-refractivity contribution in [1.29, 1.82) is 0 Å². The van der Waals surface area contributed by atoms with Crippen molar-refractivity contribution in [3.63, 3.8) is 0 Å². The third-order valence-electron chi connectivity index (χ3n) is 3.38. The summed E-state index contributed by atoms with van der Waals surface area (Å²) >= 11 is 0. The lowest BCUT2D eigenvalue weighted by Crippen LogP contribution is -2.40. The van der Waals surface area contributed by atoms with Crippen LogP contribution in [-0.2, 0) is 20.8 Å². The third-order valence-corrected chi connectivity index (χ3v) is 3.38. The molecule has 6 heteroatoms. The zero-order valence-electron chi connectivity index (χ0n) is 13.6. The van der Waals surface area contributed by atoms with Crippen LogP contribution in [0.15, 0.2) is 24.3 Å². The van der Waals surface area contributed by atoms with Crippen molar-refractivity contribution in [3.05, 3.63) is 35.4 Å². The lowest BCUT2D eigenvalue weighted by atomic mass is 9.98. The summed E-state index contributed by atoms with van der Waals surface area (Å²) in [5.74, 6) is -2.23. The predicted molar refractivity (Wildman–Crippen MR) is 86.9 cm³/mol. The fourth-order valence-corrected chi connectivity index (χ4v) is 2.16. The van der Waals surface area contributed by atoms with Gasteiger partial charge in [0.1, 0.15) is 0 Å². The van der Waals surface area contributed by atoms with Crippen LogP contribution in [0.2, 0.25) is 0 Å². The summed E-state index contributed by atoms with van der Waals surface area (Å²) in [6, 6.07) is 7.63. The Hall–Kier alpha value is -2.37. The van der Waals surface area contributed by atoms with Crippen LogP contribution in [0.5, 0.6) is 0 Å². The number of carboxylic acid groups (broad SMARTS) is 1. The monoisotopic (exact) mass is 320 g/mol. The molecule has 0 radical (unpaired) electrons. The fraction of sp³-hybridized carbons (Fsp3) is 0.471. The molecule has 1 aromatic carbocycles. The van der Waals surface area contributed by atoms with Crippen molar-refractivity contribution in [2.45, 2.75) is 33.1 Å². The summed E-state index contributed by atoms with van der Waals surface area (Å²) in [5.41, 5.74) is 1.98. The van der Waals surface area contributed by atoms with Crippen LogP contribution in [0.4, 0.5) is 0 Å². The number of nitrogens with one attached hydrogen (secondary N) is 2. The van der Waals surface area contributed by atoms with Gasteiger partial charge in [-0.1, -0.05) is 36.8 Å². The maximum Gasteiger partial charge on any atom is 0.308 e. The van der Waals surface area contributed by atoms with Gasteiger partial charge in [0, 0.05) is 13.0 Å². The van der Waals surface area contributed by atoms with Crippen LogP contribution < -0.4 is 10.6 Å². The summed E-state index contributed by atoms with van der Waals surface area (Å²) in [6.07, 6.45) is 1.43. The molecule has 2 amide bonds. The average molecular weight is 320 g/mol. The first-order valence-corrected chi connectivity index (χ1v) is 7.74. The van der Waals surface area contributed by atoms with E-state index >= 15 is 0 Å². The van der Waals surface area contributed by atoms with Crippen LogP contribution >= 0.6 is 0 Å². The third kappa shape index (κ3) is 7.44. The molecule has 0 aliphatic rings. The number of aliphatic carboxylic acids is 1. The number of rotatable bonds is 9. The molecule has 1 unspecified atom stereocenters.